The van der Waals surface area contributed by atoms with Crippen LogP contribution in [0.5, 0.6) is 0 Å². The van der Waals surface area contributed by atoms with Crippen LogP contribution in [0, 0.1) is 5.92 Å². The first-order valence-electron chi connectivity index (χ1n) is 6.51. The maximum atomic E-state index is 13.1. The maximum absolute atomic E-state index is 13.1. The smallest absolute Gasteiger partial charge is 0.310 e. The van der Waals surface area contributed by atoms with Crippen molar-refractivity contribution < 1.29 is 13.2 Å². The van der Waals surface area contributed by atoms with E-state index in [1.54, 1.807) is 12.1 Å². The van der Waals surface area contributed by atoms with Crippen LogP contribution in [0.15, 0.2) is 24.3 Å². The Morgan fingerprint density at radius 1 is 1.37 bits per heavy atom. The van der Waals surface area contributed by atoms with Gasteiger partial charge in [0, 0.05) is 6.04 Å². The van der Waals surface area contributed by atoms with E-state index >= 15 is 0 Å². The van der Waals surface area contributed by atoms with E-state index in [2.05, 4.69) is 5.32 Å². The quantitative estimate of drug-likeness (QED) is 0.895. The molecule has 0 radical (unpaired) electrons. The van der Waals surface area contributed by atoms with Gasteiger partial charge < -0.3 is 5.32 Å². The van der Waals surface area contributed by atoms with Crippen molar-refractivity contribution in [1.82, 2.24) is 5.32 Å². The zero-order valence-electron chi connectivity index (χ0n) is 10.8. The highest BCUT2D eigenvalue weighted by molar-refractivity contribution is 7.99. The van der Waals surface area contributed by atoms with E-state index in [1.807, 2.05) is 18.7 Å². The molecule has 1 nitrogen and oxygen atoms in total. The third-order valence-electron chi connectivity index (χ3n) is 3.46. The highest BCUT2D eigenvalue weighted by Gasteiger charge is 2.37. The first-order chi connectivity index (χ1) is 9.04. The Kier molecular flexibility index (Phi) is 4.79. The van der Waals surface area contributed by atoms with Crippen molar-refractivity contribution in [3.8, 4) is 0 Å². The number of alkyl halides is 3. The molecule has 0 aliphatic carbocycles. The summed E-state index contributed by atoms with van der Waals surface area (Å²) in [4.78, 5) is 0. The van der Waals surface area contributed by atoms with Crippen molar-refractivity contribution in [3.63, 3.8) is 0 Å². The van der Waals surface area contributed by atoms with Crippen molar-refractivity contribution in [2.24, 2.45) is 5.92 Å². The second-order valence-electron chi connectivity index (χ2n) is 4.74. The van der Waals surface area contributed by atoms with Crippen LogP contribution in [0.4, 0.5) is 13.2 Å². The fraction of sp³-hybridized carbons (Fsp3) is 0.571. The van der Waals surface area contributed by atoms with Crippen LogP contribution in [0.2, 0.25) is 0 Å². The van der Waals surface area contributed by atoms with Crippen LogP contribution in [-0.4, -0.2) is 18.1 Å². The van der Waals surface area contributed by atoms with Gasteiger partial charge in [-0.15, -0.1) is 0 Å². The Morgan fingerprint density at radius 2 is 2.11 bits per heavy atom. The van der Waals surface area contributed by atoms with E-state index in [4.69, 9.17) is 0 Å². The van der Waals surface area contributed by atoms with Gasteiger partial charge >= 0.3 is 6.18 Å². The Hall–Kier alpha value is -0.680. The molecule has 1 aromatic rings. The molecule has 1 N–H and O–H groups in total. The minimum atomic E-state index is -4.28. The van der Waals surface area contributed by atoms with Gasteiger partial charge in [0.2, 0.25) is 0 Å². The highest BCUT2D eigenvalue weighted by Crippen LogP contribution is 2.40. The number of nitrogens with one attached hydrogen (secondary N) is 1. The lowest BCUT2D eigenvalue weighted by Crippen LogP contribution is -2.30. The summed E-state index contributed by atoms with van der Waals surface area (Å²) >= 11 is 1.82. The minimum Gasteiger partial charge on any atom is -0.310 e. The lowest BCUT2D eigenvalue weighted by molar-refractivity contribution is -0.138. The fourth-order valence-electron chi connectivity index (χ4n) is 2.59. The standard InChI is InChI=1S/C14H18F3NS/c1-2-18-13(10-7-8-19-9-10)11-5-3-4-6-12(11)14(15,16)17/h3-6,10,13,18H,2,7-9H2,1H3. The lowest BCUT2D eigenvalue weighted by atomic mass is 9.89. The number of hydrogen-bond donors (Lipinski definition) is 1. The summed E-state index contributed by atoms with van der Waals surface area (Å²) in [5, 5.41) is 3.24. The lowest BCUT2D eigenvalue weighted by Gasteiger charge is -2.27. The molecule has 19 heavy (non-hydrogen) atoms. The average molecular weight is 289 g/mol. The van der Waals surface area contributed by atoms with Crippen LogP contribution in [-0.2, 0) is 6.18 Å². The molecule has 0 aromatic heterocycles. The molecule has 2 rings (SSSR count). The van der Waals surface area contributed by atoms with Crippen LogP contribution in [0.1, 0.15) is 30.5 Å². The Bertz CT molecular complexity index is 413. The van der Waals surface area contributed by atoms with Crippen LogP contribution in [0.25, 0.3) is 0 Å². The molecule has 106 valence electrons. The number of rotatable bonds is 4. The van der Waals surface area contributed by atoms with Crippen molar-refractivity contribution in [3.05, 3.63) is 35.4 Å². The van der Waals surface area contributed by atoms with Gasteiger partial charge in [-0.3, -0.25) is 0 Å². The summed E-state index contributed by atoms with van der Waals surface area (Å²) in [6.45, 7) is 2.61. The molecule has 1 fully saturated rings. The molecule has 1 aliphatic heterocycles. The fourth-order valence-corrected chi connectivity index (χ4v) is 3.89. The van der Waals surface area contributed by atoms with E-state index in [0.29, 0.717) is 12.1 Å². The predicted octanol–water partition coefficient (Wildman–Crippen LogP) is 4.11. The second-order valence-corrected chi connectivity index (χ2v) is 5.89. The van der Waals surface area contributed by atoms with Gasteiger partial charge in [-0.1, -0.05) is 25.1 Å². The van der Waals surface area contributed by atoms with Gasteiger partial charge in [0.1, 0.15) is 0 Å². The molecule has 1 aromatic carbocycles. The summed E-state index contributed by atoms with van der Waals surface area (Å²) in [5.41, 5.74) is -0.109. The van der Waals surface area contributed by atoms with E-state index in [-0.39, 0.29) is 12.0 Å². The highest BCUT2D eigenvalue weighted by atomic mass is 32.2. The van der Waals surface area contributed by atoms with Crippen molar-refractivity contribution >= 4 is 11.8 Å². The monoisotopic (exact) mass is 289 g/mol. The molecule has 5 heteroatoms. The van der Waals surface area contributed by atoms with Gasteiger partial charge in [0.15, 0.2) is 0 Å². The normalized spacial score (nSPS) is 21.6. The Balaban J connectivity index is 2.35. The zero-order valence-corrected chi connectivity index (χ0v) is 11.7. The zero-order chi connectivity index (χ0) is 13.9. The third kappa shape index (κ3) is 3.45. The molecule has 0 bridgehead atoms. The molecule has 2 unspecified atom stereocenters. The minimum absolute atomic E-state index is 0.196. The van der Waals surface area contributed by atoms with Crippen LogP contribution in [0.3, 0.4) is 0 Å². The van der Waals surface area contributed by atoms with Crippen molar-refractivity contribution in [2.45, 2.75) is 25.6 Å². The van der Waals surface area contributed by atoms with E-state index < -0.39 is 11.7 Å². The van der Waals surface area contributed by atoms with Gasteiger partial charge in [-0.2, -0.15) is 24.9 Å². The summed E-state index contributed by atoms with van der Waals surface area (Å²) < 4.78 is 39.3. The molecule has 2 atom stereocenters. The van der Waals surface area contributed by atoms with E-state index in [1.165, 1.54) is 12.1 Å². The summed E-state index contributed by atoms with van der Waals surface area (Å²) in [5.74, 6) is 2.26. The molecule has 0 saturated carbocycles. The van der Waals surface area contributed by atoms with E-state index in [9.17, 15) is 13.2 Å². The molecule has 0 spiro atoms. The number of benzene rings is 1. The number of thioether (sulfide) groups is 1. The predicted molar refractivity (Wildman–Crippen MR) is 73.3 cm³/mol. The Morgan fingerprint density at radius 3 is 2.68 bits per heavy atom. The topological polar surface area (TPSA) is 12.0 Å². The van der Waals surface area contributed by atoms with Crippen molar-refractivity contribution in [1.29, 1.82) is 0 Å². The summed E-state index contributed by atoms with van der Waals surface area (Å²) in [6, 6.07) is 5.74. The van der Waals surface area contributed by atoms with Gasteiger partial charge in [-0.25, -0.2) is 0 Å². The van der Waals surface area contributed by atoms with Crippen LogP contribution < -0.4 is 5.32 Å². The van der Waals surface area contributed by atoms with Gasteiger partial charge in [-0.05, 0) is 42.0 Å². The third-order valence-corrected chi connectivity index (χ3v) is 4.65. The summed E-state index contributed by atoms with van der Waals surface area (Å²) in [7, 11) is 0. The van der Waals surface area contributed by atoms with Gasteiger partial charge in [0.05, 0.1) is 5.56 Å². The number of hydrogen-bond acceptors (Lipinski definition) is 2. The SMILES string of the molecule is CCNC(c1ccccc1C(F)(F)F)C1CCSC1. The Labute approximate surface area is 116 Å². The molecule has 1 heterocycles. The maximum Gasteiger partial charge on any atom is 0.416 e. The van der Waals surface area contributed by atoms with E-state index in [0.717, 1.165) is 17.9 Å². The molecule has 1 saturated heterocycles. The first-order valence-corrected chi connectivity index (χ1v) is 7.66. The van der Waals surface area contributed by atoms with Gasteiger partial charge in [0.25, 0.3) is 0 Å². The van der Waals surface area contributed by atoms with Crippen molar-refractivity contribution in [2.75, 3.05) is 18.1 Å². The molecular formula is C14H18F3NS. The number of halogens is 3. The average Bonchev–Trinajstić information content (AvgIpc) is 2.88. The molecule has 0 amide bonds. The van der Waals surface area contributed by atoms with Crippen LogP contribution >= 0.6 is 11.8 Å². The molecular weight excluding hydrogens is 271 g/mol. The first kappa shape index (κ1) is 14.7. The molecule has 1 aliphatic rings. The largest absolute Gasteiger partial charge is 0.416 e. The second kappa shape index (κ2) is 6.18. The summed E-state index contributed by atoms with van der Waals surface area (Å²) in [6.07, 6.45) is -3.30.